The number of fused-ring (bicyclic) bond motifs is 1. The molecule has 0 spiro atoms. The van der Waals surface area contributed by atoms with Gasteiger partial charge in [0.25, 0.3) is 0 Å². The lowest BCUT2D eigenvalue weighted by Crippen LogP contribution is -2.32. The number of hydrogen-bond acceptors (Lipinski definition) is 5. The largest absolute Gasteiger partial charge is 0.236 e. The van der Waals surface area contributed by atoms with Crippen LogP contribution in [0.1, 0.15) is 25.0 Å². The molecule has 0 amide bonds. The van der Waals surface area contributed by atoms with Gasteiger partial charge in [0.15, 0.2) is 5.65 Å². The molecule has 1 N–H and O–H groups in total. The van der Waals surface area contributed by atoms with Crippen molar-refractivity contribution in [3.8, 4) is 17.3 Å². The Bertz CT molecular complexity index is 1080. The Balaban J connectivity index is 1.85. The van der Waals surface area contributed by atoms with Crippen molar-refractivity contribution in [1.29, 1.82) is 5.26 Å². The molecule has 0 radical (unpaired) electrons. The van der Waals surface area contributed by atoms with Crippen molar-refractivity contribution in [2.75, 3.05) is 6.54 Å². The summed E-state index contributed by atoms with van der Waals surface area (Å²) < 4.78 is 27.9. The smallest absolute Gasteiger partial charge is 0.213 e. The van der Waals surface area contributed by atoms with Crippen LogP contribution in [-0.4, -0.2) is 34.8 Å². The fourth-order valence-corrected chi connectivity index (χ4v) is 3.30. The van der Waals surface area contributed by atoms with Gasteiger partial charge in [-0.3, -0.25) is 0 Å². The molecule has 2 heterocycles. The molecule has 2 aromatic heterocycles. The molecule has 0 bridgehead atoms. The van der Waals surface area contributed by atoms with E-state index in [1.165, 1.54) is 6.20 Å². The minimum absolute atomic E-state index is 0.343. The molecule has 0 aliphatic heterocycles. The zero-order valence-corrected chi connectivity index (χ0v) is 15.4. The molecule has 0 atom stereocenters. The minimum atomic E-state index is -3.26. The molecule has 0 saturated heterocycles. The highest BCUT2D eigenvalue weighted by Crippen LogP contribution is 2.22. The van der Waals surface area contributed by atoms with E-state index in [4.69, 9.17) is 5.26 Å². The summed E-state index contributed by atoms with van der Waals surface area (Å²) in [6, 6.07) is 11.7. The van der Waals surface area contributed by atoms with Crippen LogP contribution in [0.4, 0.5) is 0 Å². The molecule has 3 rings (SSSR count). The number of benzene rings is 1. The number of rotatable bonds is 6. The van der Waals surface area contributed by atoms with Crippen LogP contribution < -0.4 is 4.72 Å². The minimum Gasteiger partial charge on any atom is -0.236 e. The Morgan fingerprint density at radius 1 is 1.31 bits per heavy atom. The van der Waals surface area contributed by atoms with E-state index in [9.17, 15) is 8.42 Å². The highest BCUT2D eigenvalue weighted by molar-refractivity contribution is 7.90. The summed E-state index contributed by atoms with van der Waals surface area (Å²) in [4.78, 5) is 4.21. The van der Waals surface area contributed by atoms with E-state index in [0.717, 1.165) is 16.8 Å². The van der Waals surface area contributed by atoms with Gasteiger partial charge in [-0.05, 0) is 38.0 Å². The predicted octanol–water partition coefficient (Wildman–Crippen LogP) is 2.14. The first-order valence-corrected chi connectivity index (χ1v) is 9.77. The van der Waals surface area contributed by atoms with Crippen LogP contribution in [0.2, 0.25) is 0 Å². The fourth-order valence-electron chi connectivity index (χ4n) is 2.58. The van der Waals surface area contributed by atoms with E-state index in [2.05, 4.69) is 20.9 Å². The summed E-state index contributed by atoms with van der Waals surface area (Å²) in [6.45, 7) is 3.64. The van der Waals surface area contributed by atoms with Gasteiger partial charge in [-0.1, -0.05) is 18.2 Å². The topological polar surface area (TPSA) is 100 Å². The first kappa shape index (κ1) is 18.0. The van der Waals surface area contributed by atoms with E-state index in [0.29, 0.717) is 24.2 Å². The Labute approximate surface area is 152 Å². The molecule has 7 nitrogen and oxygen atoms in total. The van der Waals surface area contributed by atoms with Crippen molar-refractivity contribution in [3.05, 3.63) is 53.9 Å². The van der Waals surface area contributed by atoms with Crippen LogP contribution in [0.5, 0.6) is 0 Å². The number of aromatic nitrogens is 3. The third-order valence-corrected chi connectivity index (χ3v) is 5.93. The van der Waals surface area contributed by atoms with Gasteiger partial charge in [-0.15, -0.1) is 0 Å². The molecule has 0 saturated carbocycles. The summed E-state index contributed by atoms with van der Waals surface area (Å²) in [5.74, 6) is 0. The van der Waals surface area contributed by atoms with E-state index in [-0.39, 0.29) is 0 Å². The monoisotopic (exact) mass is 369 g/mol. The predicted molar refractivity (Wildman–Crippen MR) is 98.9 cm³/mol. The van der Waals surface area contributed by atoms with Crippen molar-refractivity contribution in [2.24, 2.45) is 0 Å². The van der Waals surface area contributed by atoms with Gasteiger partial charge in [0.05, 0.1) is 17.1 Å². The molecular weight excluding hydrogens is 350 g/mol. The zero-order chi connectivity index (χ0) is 18.7. The maximum Gasteiger partial charge on any atom is 0.213 e. The molecule has 134 valence electrons. The molecule has 0 fully saturated rings. The van der Waals surface area contributed by atoms with E-state index in [1.54, 1.807) is 24.6 Å². The fraction of sp³-hybridized carbons (Fsp3) is 0.278. The summed E-state index contributed by atoms with van der Waals surface area (Å²) >= 11 is 0. The maximum absolute atomic E-state index is 11.8. The van der Waals surface area contributed by atoms with Gasteiger partial charge < -0.3 is 0 Å². The number of hydrogen-bond donors (Lipinski definition) is 1. The third-order valence-electron chi connectivity index (χ3n) is 4.08. The summed E-state index contributed by atoms with van der Waals surface area (Å²) in [7, 11) is -3.26. The standard InChI is InChI=1S/C18H19N5O2S/c1-13(2)26(24,25)22-9-6-14-4-3-5-15(10-14)17-7-8-20-18-16(11-19)12-21-23(17)18/h3-5,7-8,10,12-13,22H,6,9H2,1-2H3. The van der Waals surface area contributed by atoms with Gasteiger partial charge in [0.1, 0.15) is 11.6 Å². The SMILES string of the molecule is CC(C)S(=O)(=O)NCCc1cccc(-c2ccnc3c(C#N)cnn23)c1. The molecule has 26 heavy (non-hydrogen) atoms. The second-order valence-electron chi connectivity index (χ2n) is 6.17. The van der Waals surface area contributed by atoms with Crippen molar-refractivity contribution in [3.63, 3.8) is 0 Å². The van der Waals surface area contributed by atoms with Gasteiger partial charge in [-0.2, -0.15) is 10.4 Å². The maximum atomic E-state index is 11.8. The van der Waals surface area contributed by atoms with E-state index >= 15 is 0 Å². The van der Waals surface area contributed by atoms with Crippen LogP contribution in [0.3, 0.4) is 0 Å². The first-order valence-electron chi connectivity index (χ1n) is 8.23. The average molecular weight is 369 g/mol. The average Bonchev–Trinajstić information content (AvgIpc) is 3.05. The zero-order valence-electron chi connectivity index (χ0n) is 14.5. The van der Waals surface area contributed by atoms with E-state index < -0.39 is 15.3 Å². The lowest BCUT2D eigenvalue weighted by molar-refractivity contribution is 0.572. The lowest BCUT2D eigenvalue weighted by atomic mass is 10.1. The van der Waals surface area contributed by atoms with Crippen LogP contribution >= 0.6 is 0 Å². The quantitative estimate of drug-likeness (QED) is 0.717. The van der Waals surface area contributed by atoms with Crippen LogP contribution in [0.15, 0.2) is 42.7 Å². The summed E-state index contributed by atoms with van der Waals surface area (Å²) in [6.07, 6.45) is 3.73. The molecule has 1 aromatic carbocycles. The van der Waals surface area contributed by atoms with Crippen molar-refractivity contribution in [2.45, 2.75) is 25.5 Å². The van der Waals surface area contributed by atoms with Crippen LogP contribution in [0, 0.1) is 11.3 Å². The third kappa shape index (κ3) is 3.59. The number of sulfonamides is 1. The lowest BCUT2D eigenvalue weighted by Gasteiger charge is -2.10. The first-order chi connectivity index (χ1) is 12.4. The second-order valence-corrected chi connectivity index (χ2v) is 8.50. The highest BCUT2D eigenvalue weighted by Gasteiger charge is 2.14. The Hall–Kier alpha value is -2.76. The van der Waals surface area contributed by atoms with E-state index in [1.807, 2.05) is 30.3 Å². The molecule has 8 heteroatoms. The Morgan fingerprint density at radius 3 is 2.85 bits per heavy atom. The van der Waals surface area contributed by atoms with Gasteiger partial charge in [-0.25, -0.2) is 22.6 Å². The van der Waals surface area contributed by atoms with Gasteiger partial charge in [0.2, 0.25) is 10.0 Å². The normalized spacial score (nSPS) is 11.8. The highest BCUT2D eigenvalue weighted by atomic mass is 32.2. The van der Waals surface area contributed by atoms with Crippen LogP contribution in [0.25, 0.3) is 16.9 Å². The Morgan fingerprint density at radius 2 is 2.12 bits per heavy atom. The summed E-state index contributed by atoms with van der Waals surface area (Å²) in [5, 5.41) is 12.9. The van der Waals surface area contributed by atoms with Crippen molar-refractivity contribution >= 4 is 15.7 Å². The second kappa shape index (κ2) is 7.23. The van der Waals surface area contributed by atoms with Crippen molar-refractivity contribution < 1.29 is 8.42 Å². The molecular formula is C18H19N5O2S. The molecule has 0 aliphatic rings. The number of nitrogens with one attached hydrogen (secondary N) is 1. The number of nitriles is 1. The summed E-state index contributed by atoms with van der Waals surface area (Å²) in [5.41, 5.74) is 3.69. The van der Waals surface area contributed by atoms with Gasteiger partial charge >= 0.3 is 0 Å². The van der Waals surface area contributed by atoms with Crippen LogP contribution in [-0.2, 0) is 16.4 Å². The molecule has 0 unspecified atom stereocenters. The molecule has 3 aromatic rings. The number of nitrogens with zero attached hydrogens (tertiary/aromatic N) is 4. The molecule has 0 aliphatic carbocycles. The Kier molecular flexibility index (Phi) is 5.02. The van der Waals surface area contributed by atoms with Gasteiger partial charge in [0, 0.05) is 18.3 Å². The van der Waals surface area contributed by atoms with Crippen molar-refractivity contribution in [1.82, 2.24) is 19.3 Å².